The molecule has 5 heteroatoms. The van der Waals surface area contributed by atoms with Crippen LogP contribution in [0.1, 0.15) is 53.4 Å². The molecule has 0 aliphatic carbocycles. The summed E-state index contributed by atoms with van der Waals surface area (Å²) in [5, 5.41) is 2.45. The Morgan fingerprint density at radius 3 is 2.42 bits per heavy atom. The highest BCUT2D eigenvalue weighted by atomic mass is 16.5. The fourth-order valence-corrected chi connectivity index (χ4v) is 3.22. The van der Waals surface area contributed by atoms with Crippen LogP contribution in [0.3, 0.4) is 0 Å². The van der Waals surface area contributed by atoms with Crippen LogP contribution in [0.5, 0.6) is 0 Å². The van der Waals surface area contributed by atoms with Crippen molar-refractivity contribution in [1.82, 2.24) is 10.2 Å². The quantitative estimate of drug-likeness (QED) is 0.794. The van der Waals surface area contributed by atoms with E-state index >= 15 is 0 Å². The molecule has 19 heavy (non-hydrogen) atoms. The van der Waals surface area contributed by atoms with Crippen LogP contribution in [-0.4, -0.2) is 40.6 Å². The van der Waals surface area contributed by atoms with Gasteiger partial charge in [-0.15, -0.1) is 0 Å². The van der Waals surface area contributed by atoms with Gasteiger partial charge in [0.25, 0.3) is 5.91 Å². The molecular formula is C14H24N2O3. The van der Waals surface area contributed by atoms with E-state index in [0.29, 0.717) is 19.4 Å². The number of ether oxygens (including phenoxy) is 1. The summed E-state index contributed by atoms with van der Waals surface area (Å²) in [5.41, 5.74) is -0.806. The van der Waals surface area contributed by atoms with Gasteiger partial charge in [0.2, 0.25) is 0 Å². The number of hydrogen-bond donors (Lipinski definition) is 1. The molecule has 108 valence electrons. The topological polar surface area (TPSA) is 58.6 Å². The Morgan fingerprint density at radius 1 is 1.32 bits per heavy atom. The molecule has 0 spiro atoms. The lowest BCUT2D eigenvalue weighted by atomic mass is 9.91. The van der Waals surface area contributed by atoms with E-state index in [1.807, 2.05) is 13.8 Å². The van der Waals surface area contributed by atoms with Crippen molar-refractivity contribution in [3.63, 3.8) is 0 Å². The Bertz CT molecular complexity index is 388. The number of urea groups is 1. The van der Waals surface area contributed by atoms with Crippen molar-refractivity contribution < 1.29 is 14.3 Å². The molecule has 2 rings (SSSR count). The zero-order chi connectivity index (χ0) is 14.3. The van der Waals surface area contributed by atoms with Crippen LogP contribution in [0.15, 0.2) is 0 Å². The van der Waals surface area contributed by atoms with Crippen molar-refractivity contribution in [2.45, 2.75) is 70.6 Å². The third-order valence-corrected chi connectivity index (χ3v) is 4.52. The molecule has 2 fully saturated rings. The van der Waals surface area contributed by atoms with Gasteiger partial charge in [-0.2, -0.15) is 0 Å². The lowest BCUT2D eigenvalue weighted by Crippen LogP contribution is -2.51. The summed E-state index contributed by atoms with van der Waals surface area (Å²) in [5.74, 6) is -0.167. The highest BCUT2D eigenvalue weighted by Gasteiger charge is 2.51. The molecule has 0 bridgehead atoms. The smallest absolute Gasteiger partial charge is 0.325 e. The summed E-state index contributed by atoms with van der Waals surface area (Å²) >= 11 is 0. The van der Waals surface area contributed by atoms with Gasteiger partial charge in [0.1, 0.15) is 5.54 Å². The number of carbonyl (C=O) groups excluding carboxylic acids is 2. The molecule has 0 saturated carbocycles. The molecule has 1 N–H and O–H groups in total. The van der Waals surface area contributed by atoms with Gasteiger partial charge >= 0.3 is 6.03 Å². The number of nitrogens with one attached hydrogen (secondary N) is 1. The minimum atomic E-state index is -0.687. The van der Waals surface area contributed by atoms with Gasteiger partial charge in [-0.1, -0.05) is 13.8 Å². The second-order valence-electron chi connectivity index (χ2n) is 6.15. The van der Waals surface area contributed by atoms with E-state index in [9.17, 15) is 9.59 Å². The summed E-state index contributed by atoms with van der Waals surface area (Å²) < 4.78 is 5.94. The highest BCUT2D eigenvalue weighted by Crippen LogP contribution is 2.34. The average Bonchev–Trinajstić information content (AvgIpc) is 2.79. The highest BCUT2D eigenvalue weighted by molar-refractivity contribution is 6.06. The number of hydrogen-bond acceptors (Lipinski definition) is 3. The molecule has 0 aromatic carbocycles. The van der Waals surface area contributed by atoms with Crippen molar-refractivity contribution in [2.75, 3.05) is 6.54 Å². The van der Waals surface area contributed by atoms with Gasteiger partial charge < -0.3 is 9.64 Å². The van der Waals surface area contributed by atoms with Crippen molar-refractivity contribution in [2.24, 2.45) is 0 Å². The van der Waals surface area contributed by atoms with E-state index in [0.717, 1.165) is 12.8 Å². The molecule has 2 saturated heterocycles. The lowest BCUT2D eigenvalue weighted by Gasteiger charge is -2.35. The Morgan fingerprint density at radius 2 is 1.95 bits per heavy atom. The van der Waals surface area contributed by atoms with Gasteiger partial charge in [-0.05, 0) is 39.5 Å². The first-order valence-corrected chi connectivity index (χ1v) is 7.15. The number of amides is 3. The van der Waals surface area contributed by atoms with E-state index in [1.165, 1.54) is 0 Å². The maximum absolute atomic E-state index is 12.1. The van der Waals surface area contributed by atoms with Crippen LogP contribution >= 0.6 is 0 Å². The SMILES string of the molecule is CCC1(CC)C(=O)NC(=O)N1CC1CCC(C)(C)O1. The van der Waals surface area contributed by atoms with E-state index in [2.05, 4.69) is 19.2 Å². The van der Waals surface area contributed by atoms with Crippen LogP contribution in [0.2, 0.25) is 0 Å². The summed E-state index contributed by atoms with van der Waals surface area (Å²) in [4.78, 5) is 25.8. The third-order valence-electron chi connectivity index (χ3n) is 4.52. The molecule has 5 nitrogen and oxygen atoms in total. The Kier molecular flexibility index (Phi) is 3.60. The Balaban J connectivity index is 2.14. The molecule has 3 amide bonds. The van der Waals surface area contributed by atoms with E-state index in [-0.39, 0.29) is 23.6 Å². The minimum Gasteiger partial charge on any atom is -0.371 e. The number of nitrogens with zero attached hydrogens (tertiary/aromatic N) is 1. The van der Waals surface area contributed by atoms with E-state index in [1.54, 1.807) is 4.90 Å². The van der Waals surface area contributed by atoms with Gasteiger partial charge in [-0.3, -0.25) is 10.1 Å². The molecule has 2 aliphatic heterocycles. The molecule has 0 aromatic rings. The molecule has 0 radical (unpaired) electrons. The maximum atomic E-state index is 12.1. The largest absolute Gasteiger partial charge is 0.371 e. The molecule has 1 unspecified atom stereocenters. The number of carbonyl (C=O) groups is 2. The predicted octanol–water partition coefficient (Wildman–Crippen LogP) is 2.05. The predicted molar refractivity (Wildman–Crippen MR) is 71.7 cm³/mol. The van der Waals surface area contributed by atoms with Crippen LogP contribution in [0.25, 0.3) is 0 Å². The first kappa shape index (κ1) is 14.3. The van der Waals surface area contributed by atoms with Crippen molar-refractivity contribution >= 4 is 11.9 Å². The van der Waals surface area contributed by atoms with E-state index in [4.69, 9.17) is 4.74 Å². The summed E-state index contributed by atoms with van der Waals surface area (Å²) in [6.07, 6.45) is 3.24. The normalized spacial score (nSPS) is 28.8. The molecule has 2 aliphatic rings. The zero-order valence-corrected chi connectivity index (χ0v) is 12.3. The van der Waals surface area contributed by atoms with Gasteiger partial charge in [0.15, 0.2) is 0 Å². The Hall–Kier alpha value is -1.10. The third kappa shape index (κ3) is 2.36. The van der Waals surface area contributed by atoms with Crippen LogP contribution in [0.4, 0.5) is 4.79 Å². The molecule has 1 atom stereocenters. The Labute approximate surface area is 114 Å². The summed E-state index contributed by atoms with van der Waals surface area (Å²) in [6.45, 7) is 8.54. The average molecular weight is 268 g/mol. The van der Waals surface area contributed by atoms with Crippen molar-refractivity contribution in [3.05, 3.63) is 0 Å². The fourth-order valence-electron chi connectivity index (χ4n) is 3.22. The summed E-state index contributed by atoms with van der Waals surface area (Å²) in [7, 11) is 0. The molecule has 0 aromatic heterocycles. The maximum Gasteiger partial charge on any atom is 0.325 e. The number of rotatable bonds is 4. The zero-order valence-electron chi connectivity index (χ0n) is 12.3. The van der Waals surface area contributed by atoms with Crippen LogP contribution in [-0.2, 0) is 9.53 Å². The van der Waals surface area contributed by atoms with Gasteiger partial charge in [-0.25, -0.2) is 4.79 Å². The fraction of sp³-hybridized carbons (Fsp3) is 0.857. The van der Waals surface area contributed by atoms with Crippen molar-refractivity contribution in [3.8, 4) is 0 Å². The second kappa shape index (κ2) is 4.78. The van der Waals surface area contributed by atoms with Crippen molar-refractivity contribution in [1.29, 1.82) is 0 Å². The standard InChI is InChI=1S/C14H24N2O3/c1-5-14(6-2)11(17)15-12(18)16(14)9-10-7-8-13(3,4)19-10/h10H,5-9H2,1-4H3,(H,15,17,18). The molecule has 2 heterocycles. The monoisotopic (exact) mass is 268 g/mol. The van der Waals surface area contributed by atoms with E-state index < -0.39 is 5.54 Å². The van der Waals surface area contributed by atoms with Gasteiger partial charge in [0, 0.05) is 6.54 Å². The van der Waals surface area contributed by atoms with Crippen LogP contribution < -0.4 is 5.32 Å². The van der Waals surface area contributed by atoms with Crippen LogP contribution in [0, 0.1) is 0 Å². The molecular weight excluding hydrogens is 244 g/mol. The van der Waals surface area contributed by atoms with Gasteiger partial charge in [0.05, 0.1) is 11.7 Å². The second-order valence-corrected chi connectivity index (χ2v) is 6.15. The minimum absolute atomic E-state index is 0.0316. The summed E-state index contributed by atoms with van der Waals surface area (Å²) in [6, 6.07) is -0.276. The lowest BCUT2D eigenvalue weighted by molar-refractivity contribution is -0.127. The first-order valence-electron chi connectivity index (χ1n) is 7.15. The first-order chi connectivity index (χ1) is 8.84. The number of imide groups is 1.